The molecular formula is C35H26F10O. The lowest BCUT2D eigenvalue weighted by Gasteiger charge is -2.20. The molecule has 0 aliphatic carbocycles. The number of hydrogen-bond donors (Lipinski definition) is 0. The fraction of sp³-hybridized carbons (Fsp3) is 0.200. The fourth-order valence-corrected chi connectivity index (χ4v) is 4.61. The van der Waals surface area contributed by atoms with Crippen molar-refractivity contribution in [2.75, 3.05) is 0 Å². The van der Waals surface area contributed by atoms with Crippen LogP contribution in [-0.2, 0) is 19.0 Å². The molecule has 0 atom stereocenters. The number of benzene rings is 4. The number of halogens is 10. The number of ether oxygens (including phenoxy) is 1. The molecule has 0 aromatic heterocycles. The third-order valence-electron chi connectivity index (χ3n) is 6.96. The molecule has 4 rings (SSSR count). The summed E-state index contributed by atoms with van der Waals surface area (Å²) < 4.78 is 146. The van der Waals surface area contributed by atoms with Gasteiger partial charge in [-0.15, -0.1) is 0 Å². The Balaban J connectivity index is 1.45. The lowest BCUT2D eigenvalue weighted by atomic mass is 9.98. The van der Waals surface area contributed by atoms with E-state index in [2.05, 4.69) is 4.74 Å². The van der Waals surface area contributed by atoms with Crippen LogP contribution in [0, 0.1) is 34.9 Å². The molecule has 0 N–H and O–H groups in total. The number of alkyl halides is 2. The first-order chi connectivity index (χ1) is 21.8. The highest BCUT2D eigenvalue weighted by Gasteiger charge is 2.41. The third-order valence-corrected chi connectivity index (χ3v) is 6.96. The van der Waals surface area contributed by atoms with Crippen molar-refractivity contribution in [3.8, 4) is 16.9 Å². The number of allylic oxidation sites excluding steroid dienone is 3. The van der Waals surface area contributed by atoms with E-state index in [1.54, 1.807) is 18.2 Å². The molecule has 4 aromatic rings. The second-order valence-electron chi connectivity index (χ2n) is 10.3. The van der Waals surface area contributed by atoms with Gasteiger partial charge in [0, 0.05) is 29.7 Å². The van der Waals surface area contributed by atoms with E-state index in [9.17, 15) is 43.9 Å². The molecule has 242 valence electrons. The molecule has 0 saturated heterocycles. The van der Waals surface area contributed by atoms with Crippen LogP contribution in [0.3, 0.4) is 0 Å². The van der Waals surface area contributed by atoms with Crippen molar-refractivity contribution in [2.24, 2.45) is 0 Å². The van der Waals surface area contributed by atoms with Crippen LogP contribution in [0.15, 0.2) is 84.7 Å². The van der Waals surface area contributed by atoms with Gasteiger partial charge in [-0.05, 0) is 60.6 Å². The first-order valence-electron chi connectivity index (χ1n) is 14.1. The summed E-state index contributed by atoms with van der Waals surface area (Å²) in [4.78, 5) is 0. The molecular weight excluding hydrogens is 626 g/mol. The highest BCUT2D eigenvalue weighted by atomic mass is 19.3. The van der Waals surface area contributed by atoms with Crippen LogP contribution in [0.4, 0.5) is 43.9 Å². The smallest absolute Gasteiger partial charge is 0.429 e. The average molecular weight is 653 g/mol. The number of rotatable bonds is 12. The van der Waals surface area contributed by atoms with E-state index < -0.39 is 69.5 Å². The molecule has 11 heteroatoms. The lowest BCUT2D eigenvalue weighted by Crippen LogP contribution is -2.25. The maximum absolute atomic E-state index is 15.0. The average Bonchev–Trinajstić information content (AvgIpc) is 3.00. The van der Waals surface area contributed by atoms with Crippen LogP contribution >= 0.6 is 0 Å². The molecule has 0 amide bonds. The summed E-state index contributed by atoms with van der Waals surface area (Å²) >= 11 is 0. The molecule has 0 unspecified atom stereocenters. The zero-order valence-electron chi connectivity index (χ0n) is 24.2. The van der Waals surface area contributed by atoms with Gasteiger partial charge < -0.3 is 4.74 Å². The first-order valence-corrected chi connectivity index (χ1v) is 14.1. The lowest BCUT2D eigenvalue weighted by molar-refractivity contribution is -0.189. The van der Waals surface area contributed by atoms with Crippen molar-refractivity contribution in [3.63, 3.8) is 0 Å². The topological polar surface area (TPSA) is 9.23 Å². The molecule has 0 spiro atoms. The van der Waals surface area contributed by atoms with Crippen LogP contribution in [0.25, 0.3) is 17.0 Å². The zero-order valence-corrected chi connectivity index (χ0v) is 24.2. The highest BCUT2D eigenvalue weighted by Crippen LogP contribution is 2.38. The van der Waals surface area contributed by atoms with Crippen LogP contribution in [0.5, 0.6) is 5.75 Å². The summed E-state index contributed by atoms with van der Waals surface area (Å²) in [6.45, 7) is 1.94. The number of aryl methyl sites for hydroxylation is 2. The maximum atomic E-state index is 15.0. The Hall–Kier alpha value is -4.54. The third kappa shape index (κ3) is 8.18. The van der Waals surface area contributed by atoms with Gasteiger partial charge in [-0.2, -0.15) is 8.78 Å². The normalized spacial score (nSPS) is 12.5. The van der Waals surface area contributed by atoms with Crippen molar-refractivity contribution >= 4 is 5.83 Å². The minimum Gasteiger partial charge on any atom is -0.429 e. The largest absolute Gasteiger partial charge is 0.432 e. The fourth-order valence-electron chi connectivity index (χ4n) is 4.61. The van der Waals surface area contributed by atoms with Gasteiger partial charge in [0.15, 0.2) is 23.3 Å². The SMILES string of the molecule is CCC=CCCC(F)=C(F)c1ccc(CCc2ccc(-c3cc(F)c(C(F)(F)Oc4cc(F)c(F)c(F)c4)c(F)c3)c(F)c2)cc1. The monoisotopic (exact) mass is 652 g/mol. The van der Waals surface area contributed by atoms with Gasteiger partial charge >= 0.3 is 6.11 Å². The molecule has 0 fully saturated rings. The second-order valence-corrected chi connectivity index (χ2v) is 10.3. The van der Waals surface area contributed by atoms with Crippen LogP contribution in [-0.4, -0.2) is 0 Å². The molecule has 0 aliphatic rings. The number of hydrogen-bond acceptors (Lipinski definition) is 1. The Morgan fingerprint density at radius 3 is 1.87 bits per heavy atom. The summed E-state index contributed by atoms with van der Waals surface area (Å²) in [6, 6.07) is 10.9. The first kappa shape index (κ1) is 34.3. The molecule has 0 heterocycles. The van der Waals surface area contributed by atoms with Crippen molar-refractivity contribution in [3.05, 3.63) is 142 Å². The molecule has 0 aliphatic heterocycles. The summed E-state index contributed by atoms with van der Waals surface area (Å²) in [5.41, 5.74) is -1.31. The summed E-state index contributed by atoms with van der Waals surface area (Å²) in [5.74, 6) is -13.3. The Morgan fingerprint density at radius 2 is 1.28 bits per heavy atom. The van der Waals surface area contributed by atoms with Crippen molar-refractivity contribution in [1.82, 2.24) is 0 Å². The predicted molar refractivity (Wildman–Crippen MR) is 154 cm³/mol. The minimum atomic E-state index is -4.79. The van der Waals surface area contributed by atoms with Crippen LogP contribution in [0.2, 0.25) is 0 Å². The van der Waals surface area contributed by atoms with Gasteiger partial charge in [-0.25, -0.2) is 35.1 Å². The molecule has 0 saturated carbocycles. The van der Waals surface area contributed by atoms with Gasteiger partial charge in [0.05, 0.1) is 0 Å². The Bertz CT molecular complexity index is 1710. The van der Waals surface area contributed by atoms with E-state index in [-0.39, 0.29) is 29.7 Å². The molecule has 0 bridgehead atoms. The summed E-state index contributed by atoms with van der Waals surface area (Å²) in [7, 11) is 0. The standard InChI is InChI=1S/C35H26F10O/c1-2-3-4-5-6-26(36)33(42)22-12-9-20(10-13-22)7-8-21-11-14-25(27(37)15-21)23-16-28(38)32(29(39)17-23)35(44,45)46-24-18-30(40)34(43)31(41)19-24/h3-4,9-19H,2,5-8H2,1H3. The highest BCUT2D eigenvalue weighted by molar-refractivity contribution is 5.65. The van der Waals surface area contributed by atoms with E-state index in [0.29, 0.717) is 37.0 Å². The maximum Gasteiger partial charge on any atom is 0.432 e. The van der Waals surface area contributed by atoms with Crippen molar-refractivity contribution < 1.29 is 48.6 Å². The molecule has 4 aromatic carbocycles. The predicted octanol–water partition coefficient (Wildman–Crippen LogP) is 11.5. The van der Waals surface area contributed by atoms with E-state index in [1.165, 1.54) is 24.3 Å². The Kier molecular flexibility index (Phi) is 11.0. The zero-order chi connectivity index (χ0) is 33.6. The van der Waals surface area contributed by atoms with Crippen molar-refractivity contribution in [1.29, 1.82) is 0 Å². The Morgan fingerprint density at radius 1 is 0.696 bits per heavy atom. The van der Waals surface area contributed by atoms with Crippen molar-refractivity contribution in [2.45, 2.75) is 45.1 Å². The van der Waals surface area contributed by atoms with E-state index in [0.717, 1.165) is 18.1 Å². The van der Waals surface area contributed by atoms with Gasteiger partial charge in [-0.3, -0.25) is 0 Å². The molecule has 0 radical (unpaired) electrons. The van der Waals surface area contributed by atoms with E-state index in [4.69, 9.17) is 0 Å². The minimum absolute atomic E-state index is 0.0574. The van der Waals surface area contributed by atoms with Gasteiger partial charge in [0.1, 0.15) is 34.6 Å². The van der Waals surface area contributed by atoms with Gasteiger partial charge in [-0.1, -0.05) is 55.5 Å². The van der Waals surface area contributed by atoms with Crippen LogP contribution < -0.4 is 4.74 Å². The quantitative estimate of drug-likeness (QED) is 0.0841. The summed E-state index contributed by atoms with van der Waals surface area (Å²) in [5, 5.41) is 0. The van der Waals surface area contributed by atoms with Gasteiger partial charge in [0.25, 0.3) is 0 Å². The summed E-state index contributed by atoms with van der Waals surface area (Å²) in [6.07, 6.45) is 0.693. The van der Waals surface area contributed by atoms with E-state index in [1.807, 2.05) is 13.0 Å². The van der Waals surface area contributed by atoms with Crippen LogP contribution in [0.1, 0.15) is 48.4 Å². The molecule has 46 heavy (non-hydrogen) atoms. The second kappa shape index (κ2) is 14.7. The van der Waals surface area contributed by atoms with E-state index >= 15 is 0 Å². The van der Waals surface area contributed by atoms with Gasteiger partial charge in [0.2, 0.25) is 0 Å². The Labute approximate surface area is 258 Å². The molecule has 1 nitrogen and oxygen atoms in total.